The largest absolute Gasteiger partial charge is 0.416 e. The third kappa shape index (κ3) is 4.65. The monoisotopic (exact) mass is 517 g/mol. The van der Waals surface area contributed by atoms with E-state index in [1.54, 1.807) is 36.1 Å². The second kappa shape index (κ2) is 8.92. The van der Waals surface area contributed by atoms with Crippen LogP contribution < -0.4 is 5.32 Å². The van der Waals surface area contributed by atoms with Crippen LogP contribution in [0.4, 0.5) is 13.2 Å². The van der Waals surface area contributed by atoms with Crippen molar-refractivity contribution < 1.29 is 21.6 Å². The predicted octanol–water partition coefficient (Wildman–Crippen LogP) is 5.67. The van der Waals surface area contributed by atoms with Crippen LogP contribution in [0.3, 0.4) is 0 Å². The first kappa shape index (κ1) is 23.8. The molecule has 0 radical (unpaired) electrons. The van der Waals surface area contributed by atoms with Crippen LogP contribution in [0.25, 0.3) is 27.6 Å². The van der Waals surface area contributed by atoms with Crippen LogP contribution in [0.2, 0.25) is 0 Å². The minimum atomic E-state index is -4.44. The third-order valence-corrected chi connectivity index (χ3v) is 8.47. The van der Waals surface area contributed by atoms with Gasteiger partial charge in [-0.3, -0.25) is 0 Å². The molecule has 2 aromatic heterocycles. The highest BCUT2D eigenvalue weighted by Gasteiger charge is 2.32. The Bertz CT molecular complexity index is 1540. The highest BCUT2D eigenvalue weighted by Crippen LogP contribution is 2.40. The molecular weight excluding hydrogens is 495 g/mol. The molecule has 0 saturated carbocycles. The second-order valence-electron chi connectivity index (χ2n) is 8.51. The summed E-state index contributed by atoms with van der Waals surface area (Å²) >= 11 is 1.34. The number of hydrogen-bond acceptors (Lipinski definition) is 5. The Labute approximate surface area is 204 Å². The lowest BCUT2D eigenvalue weighted by Gasteiger charge is -2.19. The molecule has 0 fully saturated rings. The lowest BCUT2D eigenvalue weighted by molar-refractivity contribution is -0.137. The SMILES string of the molecule is Cn1cc(-c2ccc(C(F)(F)F)cc2C2=CCNCC2)c2ccc(S(=O)(=O)Cc3cscn3)cc21. The summed E-state index contributed by atoms with van der Waals surface area (Å²) < 4.78 is 68.3. The number of nitrogens with zero attached hydrogens (tertiary/aromatic N) is 2. The topological polar surface area (TPSA) is 64.0 Å². The van der Waals surface area contributed by atoms with Gasteiger partial charge in [0.05, 0.1) is 27.4 Å². The molecule has 35 heavy (non-hydrogen) atoms. The maximum absolute atomic E-state index is 13.5. The summed E-state index contributed by atoms with van der Waals surface area (Å²) in [5, 5.41) is 5.68. The number of rotatable bonds is 5. The first-order valence-corrected chi connectivity index (χ1v) is 13.5. The number of sulfone groups is 1. The van der Waals surface area contributed by atoms with Gasteiger partial charge < -0.3 is 9.88 Å². The zero-order valence-corrected chi connectivity index (χ0v) is 20.4. The summed E-state index contributed by atoms with van der Waals surface area (Å²) in [5.74, 6) is -0.190. The average Bonchev–Trinajstić information content (AvgIpc) is 3.45. The molecule has 0 atom stereocenters. The summed E-state index contributed by atoms with van der Waals surface area (Å²) in [4.78, 5) is 4.25. The quantitative estimate of drug-likeness (QED) is 0.371. The highest BCUT2D eigenvalue weighted by molar-refractivity contribution is 7.90. The molecule has 4 aromatic rings. The van der Waals surface area contributed by atoms with Crippen LogP contribution in [0.1, 0.15) is 23.2 Å². The zero-order chi connectivity index (χ0) is 24.8. The molecule has 10 heteroatoms. The van der Waals surface area contributed by atoms with Gasteiger partial charge in [0.15, 0.2) is 9.84 Å². The fraction of sp³-hybridized carbons (Fsp3) is 0.240. The van der Waals surface area contributed by atoms with Crippen molar-refractivity contribution >= 4 is 37.7 Å². The molecule has 5 rings (SSSR count). The molecule has 2 aromatic carbocycles. The lowest BCUT2D eigenvalue weighted by atomic mass is 9.90. The number of benzene rings is 2. The van der Waals surface area contributed by atoms with Gasteiger partial charge in [-0.15, -0.1) is 11.3 Å². The van der Waals surface area contributed by atoms with E-state index in [2.05, 4.69) is 10.3 Å². The van der Waals surface area contributed by atoms with Crippen molar-refractivity contribution in [2.75, 3.05) is 13.1 Å². The molecule has 0 spiro atoms. The van der Waals surface area contributed by atoms with Gasteiger partial charge >= 0.3 is 6.18 Å². The summed E-state index contributed by atoms with van der Waals surface area (Å²) in [6.45, 7) is 1.29. The van der Waals surface area contributed by atoms with Gasteiger partial charge in [-0.05, 0) is 53.9 Å². The maximum Gasteiger partial charge on any atom is 0.416 e. The van der Waals surface area contributed by atoms with E-state index >= 15 is 0 Å². The number of fused-ring (bicyclic) bond motifs is 1. The first-order chi connectivity index (χ1) is 16.6. The number of thiazole rings is 1. The van der Waals surface area contributed by atoms with E-state index in [4.69, 9.17) is 0 Å². The molecule has 1 aliphatic rings. The molecule has 0 unspecified atom stereocenters. The Balaban J connectivity index is 1.63. The molecule has 0 bridgehead atoms. The standard InChI is InChI=1S/C25H22F3N3O2S2/c1-31-12-23(20-4-2-17(25(26,27)28)10-22(20)16-6-8-29-9-7-16)21-5-3-19(11-24(21)31)35(32,33)14-18-13-34-15-30-18/h2-6,10-13,15,29H,7-9,14H2,1H3. The van der Waals surface area contributed by atoms with Crippen molar-refractivity contribution in [1.82, 2.24) is 14.9 Å². The van der Waals surface area contributed by atoms with Crippen LogP contribution in [0.15, 0.2) is 64.5 Å². The number of aryl methyl sites for hydroxylation is 1. The summed E-state index contributed by atoms with van der Waals surface area (Å²) in [6.07, 6.45) is -0.0514. The third-order valence-electron chi connectivity index (χ3n) is 6.19. The second-order valence-corrected chi connectivity index (χ2v) is 11.2. The number of hydrogen-bond donors (Lipinski definition) is 1. The minimum Gasteiger partial charge on any atom is -0.350 e. The van der Waals surface area contributed by atoms with E-state index in [1.807, 2.05) is 16.8 Å². The van der Waals surface area contributed by atoms with Crippen LogP contribution >= 0.6 is 11.3 Å². The van der Waals surface area contributed by atoms with Gasteiger partial charge in [0, 0.05) is 41.6 Å². The van der Waals surface area contributed by atoms with E-state index in [-0.39, 0.29) is 10.6 Å². The van der Waals surface area contributed by atoms with Crippen molar-refractivity contribution in [2.24, 2.45) is 7.05 Å². The molecule has 0 saturated heterocycles. The summed E-state index contributed by atoms with van der Waals surface area (Å²) in [7, 11) is -1.80. The summed E-state index contributed by atoms with van der Waals surface area (Å²) in [6, 6.07) is 8.75. The molecule has 3 heterocycles. The Hall–Kier alpha value is -2.95. The molecule has 1 aliphatic heterocycles. The fourth-order valence-electron chi connectivity index (χ4n) is 4.45. The Morgan fingerprint density at radius 1 is 1.11 bits per heavy atom. The Morgan fingerprint density at radius 3 is 2.63 bits per heavy atom. The molecule has 1 N–H and O–H groups in total. The molecular formula is C25H22F3N3O2S2. The first-order valence-electron chi connectivity index (χ1n) is 10.9. The summed E-state index contributed by atoms with van der Waals surface area (Å²) in [5.41, 5.74) is 4.95. The van der Waals surface area contributed by atoms with E-state index < -0.39 is 21.6 Å². The predicted molar refractivity (Wildman–Crippen MR) is 132 cm³/mol. The van der Waals surface area contributed by atoms with E-state index in [0.29, 0.717) is 41.8 Å². The molecule has 182 valence electrons. The fourth-order valence-corrected chi connectivity index (χ4v) is 6.39. The zero-order valence-electron chi connectivity index (χ0n) is 18.8. The lowest BCUT2D eigenvalue weighted by Crippen LogP contribution is -2.20. The average molecular weight is 518 g/mol. The maximum atomic E-state index is 13.5. The van der Waals surface area contributed by atoms with Crippen molar-refractivity contribution in [2.45, 2.75) is 23.2 Å². The Kier molecular flexibility index (Phi) is 6.06. The molecule has 5 nitrogen and oxygen atoms in total. The normalized spacial score (nSPS) is 14.9. The van der Waals surface area contributed by atoms with Crippen LogP contribution in [-0.4, -0.2) is 31.1 Å². The molecule has 0 amide bonds. The van der Waals surface area contributed by atoms with Crippen LogP contribution in [0, 0.1) is 0 Å². The van der Waals surface area contributed by atoms with E-state index in [0.717, 1.165) is 22.6 Å². The Morgan fingerprint density at radius 2 is 1.94 bits per heavy atom. The van der Waals surface area contributed by atoms with E-state index in [1.165, 1.54) is 23.5 Å². The van der Waals surface area contributed by atoms with Gasteiger partial charge in [0.1, 0.15) is 0 Å². The van der Waals surface area contributed by atoms with Gasteiger partial charge in [-0.1, -0.05) is 18.2 Å². The van der Waals surface area contributed by atoms with Crippen LogP contribution in [-0.2, 0) is 28.8 Å². The van der Waals surface area contributed by atoms with Gasteiger partial charge in [0.25, 0.3) is 0 Å². The van der Waals surface area contributed by atoms with E-state index in [9.17, 15) is 21.6 Å². The van der Waals surface area contributed by atoms with Crippen molar-refractivity contribution in [3.05, 3.63) is 76.4 Å². The number of nitrogens with one attached hydrogen (secondary N) is 1. The van der Waals surface area contributed by atoms with Gasteiger partial charge in [-0.2, -0.15) is 13.2 Å². The highest BCUT2D eigenvalue weighted by atomic mass is 32.2. The number of alkyl halides is 3. The minimum absolute atomic E-state index is 0.180. The van der Waals surface area contributed by atoms with Gasteiger partial charge in [0.2, 0.25) is 0 Å². The smallest absolute Gasteiger partial charge is 0.350 e. The number of aromatic nitrogens is 2. The number of halogens is 3. The van der Waals surface area contributed by atoms with Gasteiger partial charge in [-0.25, -0.2) is 13.4 Å². The van der Waals surface area contributed by atoms with Crippen molar-refractivity contribution in [3.63, 3.8) is 0 Å². The van der Waals surface area contributed by atoms with Crippen LogP contribution in [0.5, 0.6) is 0 Å². The van der Waals surface area contributed by atoms with Crippen molar-refractivity contribution in [1.29, 1.82) is 0 Å². The van der Waals surface area contributed by atoms with Crippen molar-refractivity contribution in [3.8, 4) is 11.1 Å². The molecule has 0 aliphatic carbocycles.